The average Bonchev–Trinajstić information content (AvgIpc) is 3.75. The molecule has 2 aliphatic heterocycles. The zero-order chi connectivity index (χ0) is 30.3. The van der Waals surface area contributed by atoms with E-state index in [2.05, 4.69) is 44.0 Å². The van der Waals surface area contributed by atoms with Gasteiger partial charge in [0.2, 0.25) is 11.8 Å². The Labute approximate surface area is 255 Å². The molecule has 0 unspecified atom stereocenters. The lowest BCUT2D eigenvalue weighted by Crippen LogP contribution is -2.49. The van der Waals surface area contributed by atoms with E-state index in [9.17, 15) is 14.7 Å². The predicted molar refractivity (Wildman–Crippen MR) is 162 cm³/mol. The molecule has 8 nitrogen and oxygen atoms in total. The van der Waals surface area contributed by atoms with Crippen LogP contribution in [0.15, 0.2) is 36.5 Å². The van der Waals surface area contributed by atoms with Crippen LogP contribution in [0.25, 0.3) is 0 Å². The number of carboxylic acids is 1. The summed E-state index contributed by atoms with van der Waals surface area (Å²) in [6, 6.07) is 8.89. The van der Waals surface area contributed by atoms with Crippen LogP contribution in [0, 0.1) is 17.3 Å². The van der Waals surface area contributed by atoms with Crippen molar-refractivity contribution in [1.29, 1.82) is 0 Å². The smallest absolute Gasteiger partial charge is 0.326 e. The van der Waals surface area contributed by atoms with E-state index in [1.54, 1.807) is 12.0 Å². The molecule has 1 N–H and O–H groups in total. The molecule has 0 spiro atoms. The molecule has 1 aromatic carbocycles. The number of rotatable bonds is 9. The Morgan fingerprint density at radius 3 is 2.30 bits per heavy atom. The largest absolute Gasteiger partial charge is 0.481 e. The third-order valence-electron chi connectivity index (χ3n) is 10.2. The number of hydrogen-bond acceptors (Lipinski definition) is 6. The van der Waals surface area contributed by atoms with Crippen LogP contribution in [-0.2, 0) is 25.7 Å². The molecule has 2 aliphatic carbocycles. The lowest BCUT2D eigenvalue weighted by atomic mass is 9.73. The van der Waals surface area contributed by atoms with E-state index in [1.807, 2.05) is 18.3 Å². The second-order valence-corrected chi connectivity index (χ2v) is 14.0. The lowest BCUT2D eigenvalue weighted by molar-refractivity contribution is -0.155. The van der Waals surface area contributed by atoms with E-state index >= 15 is 0 Å². The number of carboxylic acid groups (broad SMARTS) is 1. The van der Waals surface area contributed by atoms with Crippen LogP contribution in [0.5, 0.6) is 5.88 Å². The zero-order valence-corrected chi connectivity index (χ0v) is 26.0. The molecular weight excluding hydrogens is 544 g/mol. The fourth-order valence-electron chi connectivity index (χ4n) is 7.57. The van der Waals surface area contributed by atoms with Gasteiger partial charge in [0.15, 0.2) is 0 Å². The first kappa shape index (κ1) is 30.1. The molecule has 3 heterocycles. The number of aromatic nitrogens is 1. The standard InChI is InChI=1S/C35H46N2O6/c1-35(2,3)28-30(34(39)40)37(33(38)23-14-16-42-17-15-23)29(27-11-6-5-10-26(27)22-12-13-22)31(28)43-20-25-18-24(21-8-7-9-21)19-36-32(25)41-4/h5-6,10-11,18-19,21-23,28-31H,7-9,12-17,20H2,1-4H3,(H,39,40)/t28-,29+,30+,31+/m1/s1. The highest BCUT2D eigenvalue weighted by molar-refractivity contribution is 5.87. The molecule has 232 valence electrons. The van der Waals surface area contributed by atoms with Gasteiger partial charge in [0.1, 0.15) is 6.04 Å². The zero-order valence-electron chi connectivity index (χ0n) is 26.0. The van der Waals surface area contributed by atoms with Crippen LogP contribution in [-0.4, -0.2) is 59.3 Å². The maximum atomic E-state index is 14.5. The van der Waals surface area contributed by atoms with Gasteiger partial charge in [0.05, 0.1) is 25.9 Å². The summed E-state index contributed by atoms with van der Waals surface area (Å²) >= 11 is 0. The summed E-state index contributed by atoms with van der Waals surface area (Å²) in [5.74, 6) is -0.336. The molecule has 0 radical (unpaired) electrons. The van der Waals surface area contributed by atoms with Crippen molar-refractivity contribution in [3.63, 3.8) is 0 Å². The molecule has 0 bridgehead atoms. The van der Waals surface area contributed by atoms with Gasteiger partial charge in [-0.05, 0) is 78.5 Å². The summed E-state index contributed by atoms with van der Waals surface area (Å²) < 4.78 is 18.1. The number of pyridine rings is 1. The number of likely N-dealkylation sites (tertiary alicyclic amines) is 1. The van der Waals surface area contributed by atoms with E-state index in [-0.39, 0.29) is 18.4 Å². The van der Waals surface area contributed by atoms with Crippen LogP contribution < -0.4 is 4.74 Å². The maximum Gasteiger partial charge on any atom is 0.326 e. The first-order valence-corrected chi connectivity index (χ1v) is 16.0. The van der Waals surface area contributed by atoms with Crippen molar-refractivity contribution in [2.75, 3.05) is 20.3 Å². The van der Waals surface area contributed by atoms with E-state index in [0.717, 1.165) is 36.8 Å². The Bertz CT molecular complexity index is 1320. The fraction of sp³-hybridized carbons (Fsp3) is 0.629. The van der Waals surface area contributed by atoms with E-state index in [0.29, 0.717) is 43.8 Å². The summed E-state index contributed by atoms with van der Waals surface area (Å²) in [6.45, 7) is 7.44. The molecule has 2 saturated heterocycles. The molecule has 1 aromatic heterocycles. The van der Waals surface area contributed by atoms with Crippen molar-refractivity contribution in [2.24, 2.45) is 17.3 Å². The van der Waals surface area contributed by atoms with Gasteiger partial charge in [-0.2, -0.15) is 0 Å². The van der Waals surface area contributed by atoms with Gasteiger partial charge in [-0.1, -0.05) is 51.5 Å². The van der Waals surface area contributed by atoms with Crippen LogP contribution in [0.3, 0.4) is 0 Å². The highest BCUT2D eigenvalue weighted by atomic mass is 16.5. The molecular formula is C35H46N2O6. The third-order valence-corrected chi connectivity index (χ3v) is 10.2. The number of amides is 1. The number of ether oxygens (including phenoxy) is 3. The van der Waals surface area contributed by atoms with Crippen molar-refractivity contribution in [1.82, 2.24) is 9.88 Å². The molecule has 2 aromatic rings. The maximum absolute atomic E-state index is 14.5. The summed E-state index contributed by atoms with van der Waals surface area (Å²) in [5.41, 5.74) is 3.81. The number of carbonyl (C=O) groups excluding carboxylic acids is 1. The Morgan fingerprint density at radius 1 is 1.02 bits per heavy atom. The molecule has 43 heavy (non-hydrogen) atoms. The van der Waals surface area contributed by atoms with E-state index in [1.165, 1.54) is 17.5 Å². The van der Waals surface area contributed by atoms with Gasteiger partial charge < -0.3 is 24.2 Å². The van der Waals surface area contributed by atoms with Crippen molar-refractivity contribution in [3.05, 3.63) is 58.8 Å². The lowest BCUT2D eigenvalue weighted by Gasteiger charge is -2.35. The van der Waals surface area contributed by atoms with Gasteiger partial charge in [0.25, 0.3) is 0 Å². The second-order valence-electron chi connectivity index (χ2n) is 14.0. The Balaban J connectivity index is 1.44. The number of nitrogens with zero attached hydrogens (tertiary/aromatic N) is 2. The van der Waals surface area contributed by atoms with Crippen molar-refractivity contribution >= 4 is 11.9 Å². The minimum absolute atomic E-state index is 0.0992. The first-order valence-electron chi connectivity index (χ1n) is 16.0. The number of hydrogen-bond donors (Lipinski definition) is 1. The predicted octanol–water partition coefficient (Wildman–Crippen LogP) is 6.25. The third kappa shape index (κ3) is 5.93. The highest BCUT2D eigenvalue weighted by Gasteiger charge is 2.60. The summed E-state index contributed by atoms with van der Waals surface area (Å²) in [4.78, 5) is 34.0. The average molecular weight is 591 g/mol. The van der Waals surface area contributed by atoms with E-state index < -0.39 is 35.5 Å². The van der Waals surface area contributed by atoms with Crippen LogP contribution in [0.2, 0.25) is 0 Å². The molecule has 1 amide bonds. The second kappa shape index (κ2) is 12.2. The number of carbonyl (C=O) groups is 2. The SMILES string of the molecule is COc1ncc(C2CCC2)cc1CO[C@H]1[C@H](C(C)(C)C)[C@@H](C(=O)O)N(C(=O)C2CCOCC2)[C@H]1c1ccccc1C1CC1. The quantitative estimate of drug-likeness (QED) is 0.369. The summed E-state index contributed by atoms with van der Waals surface area (Å²) in [6.07, 6.45) is 8.32. The monoisotopic (exact) mass is 590 g/mol. The Hall–Kier alpha value is -2.97. The van der Waals surface area contributed by atoms with Crippen LogP contribution >= 0.6 is 0 Å². The number of aliphatic carboxylic acids is 1. The minimum Gasteiger partial charge on any atom is -0.481 e. The topological polar surface area (TPSA) is 98.2 Å². The number of methoxy groups -OCH3 is 1. The van der Waals surface area contributed by atoms with Gasteiger partial charge >= 0.3 is 5.97 Å². The van der Waals surface area contributed by atoms with Gasteiger partial charge in [0, 0.05) is 36.8 Å². The van der Waals surface area contributed by atoms with Gasteiger partial charge in [-0.15, -0.1) is 0 Å². The summed E-state index contributed by atoms with van der Waals surface area (Å²) in [7, 11) is 1.62. The van der Waals surface area contributed by atoms with Crippen molar-refractivity contribution in [3.8, 4) is 5.88 Å². The van der Waals surface area contributed by atoms with Crippen LogP contribution in [0.1, 0.15) is 106 Å². The first-order chi connectivity index (χ1) is 20.7. The molecule has 6 rings (SSSR count). The Kier molecular flexibility index (Phi) is 8.53. The van der Waals surface area contributed by atoms with E-state index in [4.69, 9.17) is 14.2 Å². The normalized spacial score (nSPS) is 26.7. The van der Waals surface area contributed by atoms with Gasteiger partial charge in [-0.25, -0.2) is 9.78 Å². The van der Waals surface area contributed by atoms with Crippen molar-refractivity contribution < 1.29 is 28.9 Å². The van der Waals surface area contributed by atoms with Gasteiger partial charge in [-0.3, -0.25) is 4.79 Å². The number of benzene rings is 1. The minimum atomic E-state index is -1.01. The van der Waals surface area contributed by atoms with Crippen molar-refractivity contribution in [2.45, 2.75) is 102 Å². The summed E-state index contributed by atoms with van der Waals surface area (Å²) in [5, 5.41) is 10.8. The molecule has 4 fully saturated rings. The highest BCUT2D eigenvalue weighted by Crippen LogP contribution is 2.53. The fourth-order valence-corrected chi connectivity index (χ4v) is 7.57. The molecule has 4 aliphatic rings. The Morgan fingerprint density at radius 2 is 1.72 bits per heavy atom. The molecule has 8 heteroatoms. The molecule has 2 saturated carbocycles. The molecule has 4 atom stereocenters. The van der Waals surface area contributed by atoms with Crippen LogP contribution in [0.4, 0.5) is 0 Å².